The Morgan fingerprint density at radius 3 is 2.59 bits per heavy atom. The van der Waals surface area contributed by atoms with Gasteiger partial charge in [-0.2, -0.15) is 0 Å². The van der Waals surface area contributed by atoms with Crippen molar-refractivity contribution in [1.82, 2.24) is 0 Å². The van der Waals surface area contributed by atoms with Crippen LogP contribution in [0.5, 0.6) is 0 Å². The molecule has 0 saturated heterocycles. The molecular formula is C12H18FNO2S. The second-order valence-corrected chi connectivity index (χ2v) is 6.61. The van der Waals surface area contributed by atoms with Crippen molar-refractivity contribution in [3.8, 4) is 0 Å². The van der Waals surface area contributed by atoms with Gasteiger partial charge >= 0.3 is 0 Å². The van der Waals surface area contributed by atoms with E-state index < -0.39 is 9.84 Å². The molecule has 1 unspecified atom stereocenters. The van der Waals surface area contributed by atoms with Crippen molar-refractivity contribution < 1.29 is 12.8 Å². The van der Waals surface area contributed by atoms with Gasteiger partial charge < -0.3 is 5.73 Å². The minimum atomic E-state index is -3.17. The number of nitrogens with two attached hydrogens (primary N) is 1. The third kappa shape index (κ3) is 4.83. The molecule has 0 bridgehead atoms. The van der Waals surface area contributed by atoms with Crippen LogP contribution in [0.4, 0.5) is 4.39 Å². The lowest BCUT2D eigenvalue weighted by Gasteiger charge is -2.09. The molecule has 0 fully saturated rings. The molecule has 96 valence electrons. The van der Waals surface area contributed by atoms with Gasteiger partial charge in [-0.1, -0.05) is 6.07 Å². The van der Waals surface area contributed by atoms with Gasteiger partial charge in [-0.3, -0.25) is 0 Å². The van der Waals surface area contributed by atoms with E-state index in [4.69, 9.17) is 5.73 Å². The molecule has 17 heavy (non-hydrogen) atoms. The van der Waals surface area contributed by atoms with Crippen molar-refractivity contribution in [2.24, 2.45) is 5.73 Å². The molecule has 0 aliphatic heterocycles. The Balaban J connectivity index is 2.76. The van der Waals surface area contributed by atoms with Crippen molar-refractivity contribution >= 4 is 9.84 Å². The standard InChI is InChI=1S/C12H18FNO2S/c1-9-7-12(13)4-3-11(9)8-17(15,16)6-5-10(2)14/h3-4,7,10H,5-6,8,14H2,1-2H3. The van der Waals surface area contributed by atoms with Crippen molar-refractivity contribution in [2.75, 3.05) is 5.75 Å². The summed E-state index contributed by atoms with van der Waals surface area (Å²) in [5, 5.41) is 0. The molecule has 2 N–H and O–H groups in total. The molecule has 5 heteroatoms. The van der Waals surface area contributed by atoms with Crippen LogP contribution >= 0.6 is 0 Å². The number of halogens is 1. The molecule has 0 spiro atoms. The van der Waals surface area contributed by atoms with Gasteiger partial charge in [0.05, 0.1) is 11.5 Å². The zero-order valence-electron chi connectivity index (χ0n) is 10.1. The highest BCUT2D eigenvalue weighted by molar-refractivity contribution is 7.90. The number of sulfone groups is 1. The fourth-order valence-corrected chi connectivity index (χ4v) is 3.17. The van der Waals surface area contributed by atoms with Crippen LogP contribution < -0.4 is 5.73 Å². The van der Waals surface area contributed by atoms with Gasteiger partial charge in [0, 0.05) is 6.04 Å². The van der Waals surface area contributed by atoms with Crippen LogP contribution in [0.2, 0.25) is 0 Å². The second kappa shape index (κ2) is 5.60. The number of benzene rings is 1. The quantitative estimate of drug-likeness (QED) is 0.877. The van der Waals surface area contributed by atoms with E-state index in [2.05, 4.69) is 0 Å². The number of hydrogen-bond donors (Lipinski definition) is 1. The fraction of sp³-hybridized carbons (Fsp3) is 0.500. The molecule has 3 nitrogen and oxygen atoms in total. The van der Waals surface area contributed by atoms with Gasteiger partial charge in [0.15, 0.2) is 9.84 Å². The third-order valence-corrected chi connectivity index (χ3v) is 4.17. The molecule has 0 aliphatic carbocycles. The highest BCUT2D eigenvalue weighted by atomic mass is 32.2. The lowest BCUT2D eigenvalue weighted by atomic mass is 10.1. The van der Waals surface area contributed by atoms with Gasteiger partial charge in [-0.05, 0) is 43.5 Å². The number of hydrogen-bond acceptors (Lipinski definition) is 3. The van der Waals surface area contributed by atoms with Gasteiger partial charge in [0.1, 0.15) is 5.82 Å². The SMILES string of the molecule is Cc1cc(F)ccc1CS(=O)(=O)CCC(C)N. The number of aryl methyl sites for hydroxylation is 1. The maximum Gasteiger partial charge on any atom is 0.154 e. The average Bonchev–Trinajstić information content (AvgIpc) is 2.20. The summed E-state index contributed by atoms with van der Waals surface area (Å²) >= 11 is 0. The molecule has 0 radical (unpaired) electrons. The Hall–Kier alpha value is -0.940. The van der Waals surface area contributed by atoms with Crippen molar-refractivity contribution in [2.45, 2.75) is 32.1 Å². The van der Waals surface area contributed by atoms with Crippen molar-refractivity contribution in [3.63, 3.8) is 0 Å². The zero-order chi connectivity index (χ0) is 13.1. The molecule has 1 aromatic rings. The first-order chi connectivity index (χ1) is 7.80. The van der Waals surface area contributed by atoms with Crippen molar-refractivity contribution in [3.05, 3.63) is 35.1 Å². The van der Waals surface area contributed by atoms with E-state index in [1.807, 2.05) is 0 Å². The Kier molecular flexibility index (Phi) is 4.65. The summed E-state index contributed by atoms with van der Waals surface area (Å²) in [6.07, 6.45) is 0.447. The van der Waals surface area contributed by atoms with Crippen LogP contribution in [0.3, 0.4) is 0 Å². The molecule has 1 rings (SSSR count). The van der Waals surface area contributed by atoms with Crippen LogP contribution in [-0.2, 0) is 15.6 Å². The van der Waals surface area contributed by atoms with E-state index in [1.165, 1.54) is 18.2 Å². The van der Waals surface area contributed by atoms with E-state index in [9.17, 15) is 12.8 Å². The maximum atomic E-state index is 12.9. The van der Waals surface area contributed by atoms with E-state index in [1.54, 1.807) is 13.8 Å². The van der Waals surface area contributed by atoms with E-state index in [0.717, 1.165) is 0 Å². The summed E-state index contributed by atoms with van der Waals surface area (Å²) in [4.78, 5) is 0. The Labute approximate surface area is 102 Å². The summed E-state index contributed by atoms with van der Waals surface area (Å²) in [6.45, 7) is 3.48. The highest BCUT2D eigenvalue weighted by Crippen LogP contribution is 2.14. The minimum Gasteiger partial charge on any atom is -0.328 e. The molecule has 1 atom stereocenters. The van der Waals surface area contributed by atoms with Crippen LogP contribution in [-0.4, -0.2) is 20.2 Å². The van der Waals surface area contributed by atoms with Crippen LogP contribution in [0, 0.1) is 12.7 Å². The lowest BCUT2D eigenvalue weighted by molar-refractivity contribution is 0.586. The summed E-state index contributed by atoms with van der Waals surface area (Å²) in [5.74, 6) is -0.327. The van der Waals surface area contributed by atoms with Gasteiger partial charge in [0.25, 0.3) is 0 Å². The largest absolute Gasteiger partial charge is 0.328 e. The van der Waals surface area contributed by atoms with Crippen molar-refractivity contribution in [1.29, 1.82) is 0 Å². The van der Waals surface area contributed by atoms with Crippen LogP contribution in [0.15, 0.2) is 18.2 Å². The lowest BCUT2D eigenvalue weighted by Crippen LogP contribution is -2.21. The summed E-state index contributed by atoms with van der Waals surface area (Å²) in [5.41, 5.74) is 6.84. The van der Waals surface area contributed by atoms with E-state index in [0.29, 0.717) is 17.5 Å². The Morgan fingerprint density at radius 1 is 1.41 bits per heavy atom. The van der Waals surface area contributed by atoms with Gasteiger partial charge in [-0.25, -0.2) is 12.8 Å². The summed E-state index contributed by atoms with van der Waals surface area (Å²) < 4.78 is 36.5. The summed E-state index contributed by atoms with van der Waals surface area (Å²) in [6, 6.07) is 4.02. The summed E-state index contributed by atoms with van der Waals surface area (Å²) in [7, 11) is -3.17. The first-order valence-corrected chi connectivity index (χ1v) is 7.33. The smallest absolute Gasteiger partial charge is 0.154 e. The van der Waals surface area contributed by atoms with Crippen LogP contribution in [0.1, 0.15) is 24.5 Å². The molecule has 0 aliphatic rings. The second-order valence-electron chi connectivity index (χ2n) is 4.43. The predicted octanol–water partition coefficient (Wildman–Crippen LogP) is 1.79. The van der Waals surface area contributed by atoms with E-state index >= 15 is 0 Å². The zero-order valence-corrected chi connectivity index (χ0v) is 10.9. The number of rotatable bonds is 5. The first kappa shape index (κ1) is 14.1. The third-order valence-electron chi connectivity index (χ3n) is 2.56. The Morgan fingerprint density at radius 2 is 2.06 bits per heavy atom. The average molecular weight is 259 g/mol. The van der Waals surface area contributed by atoms with E-state index in [-0.39, 0.29) is 23.4 Å². The molecule has 0 aromatic heterocycles. The normalized spacial score (nSPS) is 13.6. The molecule has 0 heterocycles. The fourth-order valence-electron chi connectivity index (χ4n) is 1.50. The molecular weight excluding hydrogens is 241 g/mol. The van der Waals surface area contributed by atoms with Crippen LogP contribution in [0.25, 0.3) is 0 Å². The maximum absolute atomic E-state index is 12.9. The predicted molar refractivity (Wildman–Crippen MR) is 66.9 cm³/mol. The monoisotopic (exact) mass is 259 g/mol. The Bertz CT molecular complexity index is 483. The van der Waals surface area contributed by atoms with Gasteiger partial charge in [0.2, 0.25) is 0 Å². The van der Waals surface area contributed by atoms with Gasteiger partial charge in [-0.15, -0.1) is 0 Å². The molecule has 0 saturated carbocycles. The minimum absolute atomic E-state index is 0.0498. The molecule has 1 aromatic carbocycles. The molecule has 0 amide bonds. The highest BCUT2D eigenvalue weighted by Gasteiger charge is 2.14. The topological polar surface area (TPSA) is 60.2 Å². The first-order valence-electron chi connectivity index (χ1n) is 5.51.